The number of fused-ring (bicyclic) bond motifs is 3. The van der Waals surface area contributed by atoms with Gasteiger partial charge in [-0.1, -0.05) is 12.1 Å². The highest BCUT2D eigenvalue weighted by Gasteiger charge is 2.12. The summed E-state index contributed by atoms with van der Waals surface area (Å²) < 4.78 is 1.47. The summed E-state index contributed by atoms with van der Waals surface area (Å²) in [6.45, 7) is 0. The maximum Gasteiger partial charge on any atom is 0.223 e. The van der Waals surface area contributed by atoms with Crippen LogP contribution in [0.4, 0.5) is 5.95 Å². The number of rotatable bonds is 2. The van der Waals surface area contributed by atoms with Crippen molar-refractivity contribution in [3.05, 3.63) is 36.3 Å². The fourth-order valence-electron chi connectivity index (χ4n) is 1.98. The molecule has 0 aliphatic heterocycles. The number of nitrogen functional groups attached to an aromatic ring is 1. The summed E-state index contributed by atoms with van der Waals surface area (Å²) >= 11 is 0. The molecule has 0 saturated heterocycles. The zero-order chi connectivity index (χ0) is 14.3. The SMILES string of the molecule is CN(N)/C=C(\N)c1nc2c3ccccc3nc(N)n2n1. The molecular weight excluding hydrogens is 256 g/mol. The summed E-state index contributed by atoms with van der Waals surface area (Å²) in [5.74, 6) is 6.13. The smallest absolute Gasteiger partial charge is 0.223 e. The molecule has 3 rings (SSSR count). The van der Waals surface area contributed by atoms with Crippen LogP contribution in [-0.2, 0) is 0 Å². The van der Waals surface area contributed by atoms with Crippen molar-refractivity contribution in [2.75, 3.05) is 12.8 Å². The molecule has 0 atom stereocenters. The molecule has 102 valence electrons. The second-order valence-corrected chi connectivity index (χ2v) is 4.41. The van der Waals surface area contributed by atoms with Gasteiger partial charge in [-0.3, -0.25) is 0 Å². The summed E-state index contributed by atoms with van der Waals surface area (Å²) in [5, 5.41) is 6.45. The van der Waals surface area contributed by atoms with E-state index in [1.54, 1.807) is 7.05 Å². The Morgan fingerprint density at radius 1 is 1.30 bits per heavy atom. The van der Waals surface area contributed by atoms with E-state index in [1.807, 2.05) is 24.3 Å². The summed E-state index contributed by atoms with van der Waals surface area (Å²) in [4.78, 5) is 8.69. The third-order valence-electron chi connectivity index (χ3n) is 2.81. The standard InChI is InChI=1S/C12H14N8/c1-19(15)6-8(13)10-17-11-7-4-2-3-5-9(7)16-12(14)20(11)18-10/h2-6H,13,15H2,1H3,(H2,14,16)/b8-6-. The molecule has 8 heteroatoms. The van der Waals surface area contributed by atoms with Crippen LogP contribution in [0.1, 0.15) is 5.82 Å². The van der Waals surface area contributed by atoms with E-state index in [0.29, 0.717) is 17.2 Å². The monoisotopic (exact) mass is 270 g/mol. The molecule has 2 heterocycles. The van der Waals surface area contributed by atoms with Crippen LogP contribution in [0.5, 0.6) is 0 Å². The number of nitrogens with zero attached hydrogens (tertiary/aromatic N) is 5. The first-order chi connectivity index (χ1) is 9.56. The molecule has 0 spiro atoms. The predicted molar refractivity (Wildman–Crippen MR) is 76.8 cm³/mol. The minimum absolute atomic E-state index is 0.256. The van der Waals surface area contributed by atoms with Crippen molar-refractivity contribution in [2.24, 2.45) is 11.6 Å². The van der Waals surface area contributed by atoms with Gasteiger partial charge in [0.25, 0.3) is 0 Å². The third-order valence-corrected chi connectivity index (χ3v) is 2.81. The minimum atomic E-state index is 0.256. The highest BCUT2D eigenvalue weighted by Crippen LogP contribution is 2.20. The van der Waals surface area contributed by atoms with Crippen molar-refractivity contribution in [1.29, 1.82) is 0 Å². The number of hydrogen-bond donors (Lipinski definition) is 3. The van der Waals surface area contributed by atoms with Crippen LogP contribution in [0.2, 0.25) is 0 Å². The number of hydrogen-bond acceptors (Lipinski definition) is 7. The number of anilines is 1. The van der Waals surface area contributed by atoms with E-state index >= 15 is 0 Å². The summed E-state index contributed by atoms with van der Waals surface area (Å²) in [6, 6.07) is 7.57. The molecule has 8 nitrogen and oxygen atoms in total. The number of nitrogens with two attached hydrogens (primary N) is 3. The Labute approximate surface area is 114 Å². The maximum absolute atomic E-state index is 5.89. The Bertz CT molecular complexity index is 817. The molecule has 0 unspecified atom stereocenters. The normalized spacial score (nSPS) is 12.2. The first kappa shape index (κ1) is 12.2. The van der Waals surface area contributed by atoms with E-state index in [9.17, 15) is 0 Å². The lowest BCUT2D eigenvalue weighted by Crippen LogP contribution is -2.20. The van der Waals surface area contributed by atoms with Gasteiger partial charge in [0.05, 0.1) is 11.2 Å². The van der Waals surface area contributed by atoms with E-state index in [1.165, 1.54) is 15.7 Å². The maximum atomic E-state index is 5.89. The minimum Gasteiger partial charge on any atom is -0.394 e. The molecule has 0 amide bonds. The molecule has 0 aliphatic carbocycles. The van der Waals surface area contributed by atoms with Gasteiger partial charge in [0, 0.05) is 18.6 Å². The molecule has 0 bridgehead atoms. The average Bonchev–Trinajstić information content (AvgIpc) is 2.84. The van der Waals surface area contributed by atoms with Crippen molar-refractivity contribution in [3.8, 4) is 0 Å². The first-order valence-corrected chi connectivity index (χ1v) is 5.92. The van der Waals surface area contributed by atoms with Gasteiger partial charge in [0.2, 0.25) is 5.95 Å². The molecule has 0 fully saturated rings. The van der Waals surface area contributed by atoms with Gasteiger partial charge in [-0.15, -0.1) is 5.10 Å². The zero-order valence-corrected chi connectivity index (χ0v) is 10.9. The van der Waals surface area contributed by atoms with Gasteiger partial charge >= 0.3 is 0 Å². The second-order valence-electron chi connectivity index (χ2n) is 4.41. The van der Waals surface area contributed by atoms with Crippen LogP contribution in [0.15, 0.2) is 30.5 Å². The highest BCUT2D eigenvalue weighted by molar-refractivity contribution is 5.92. The average molecular weight is 270 g/mol. The first-order valence-electron chi connectivity index (χ1n) is 5.92. The molecule has 20 heavy (non-hydrogen) atoms. The number of para-hydroxylation sites is 1. The molecule has 0 radical (unpaired) electrons. The van der Waals surface area contributed by atoms with Crippen LogP contribution >= 0.6 is 0 Å². The largest absolute Gasteiger partial charge is 0.394 e. The van der Waals surface area contributed by atoms with Crippen molar-refractivity contribution in [3.63, 3.8) is 0 Å². The molecule has 0 aliphatic rings. The molecule has 1 aromatic carbocycles. The van der Waals surface area contributed by atoms with Crippen LogP contribution in [0, 0.1) is 0 Å². The van der Waals surface area contributed by atoms with Crippen molar-refractivity contribution in [1.82, 2.24) is 24.6 Å². The van der Waals surface area contributed by atoms with E-state index in [2.05, 4.69) is 15.1 Å². The molecular formula is C12H14N8. The Balaban J connectivity index is 2.30. The van der Waals surface area contributed by atoms with Crippen LogP contribution < -0.4 is 17.3 Å². The fraction of sp³-hybridized carbons (Fsp3) is 0.0833. The van der Waals surface area contributed by atoms with Gasteiger partial charge in [0.1, 0.15) is 0 Å². The predicted octanol–water partition coefficient (Wildman–Crippen LogP) is -0.0777. The number of benzene rings is 1. The summed E-state index contributed by atoms with van der Waals surface area (Å²) in [6.07, 6.45) is 1.53. The van der Waals surface area contributed by atoms with Gasteiger partial charge in [0.15, 0.2) is 11.5 Å². The van der Waals surface area contributed by atoms with E-state index in [-0.39, 0.29) is 5.95 Å². The summed E-state index contributed by atoms with van der Waals surface area (Å²) in [7, 11) is 1.66. The van der Waals surface area contributed by atoms with Gasteiger partial charge in [-0.2, -0.15) is 4.52 Å². The van der Waals surface area contributed by atoms with E-state index in [0.717, 1.165) is 10.9 Å². The van der Waals surface area contributed by atoms with E-state index < -0.39 is 0 Å². The van der Waals surface area contributed by atoms with E-state index in [4.69, 9.17) is 17.3 Å². The lowest BCUT2D eigenvalue weighted by molar-refractivity contribution is 0.485. The lowest BCUT2D eigenvalue weighted by Gasteiger charge is -2.04. The Hall–Kier alpha value is -2.87. The summed E-state index contributed by atoms with van der Waals surface area (Å²) in [5.41, 5.74) is 13.5. The fourth-order valence-corrected chi connectivity index (χ4v) is 1.98. The van der Waals surface area contributed by atoms with Gasteiger partial charge in [-0.25, -0.2) is 15.8 Å². The molecule has 0 saturated carbocycles. The molecule has 2 aromatic heterocycles. The van der Waals surface area contributed by atoms with Gasteiger partial charge < -0.3 is 16.5 Å². The van der Waals surface area contributed by atoms with Crippen molar-refractivity contribution < 1.29 is 0 Å². The number of aromatic nitrogens is 4. The van der Waals surface area contributed by atoms with Crippen LogP contribution in [0.25, 0.3) is 22.2 Å². The van der Waals surface area contributed by atoms with Crippen molar-refractivity contribution in [2.45, 2.75) is 0 Å². The van der Waals surface area contributed by atoms with Crippen molar-refractivity contribution >= 4 is 28.2 Å². The highest BCUT2D eigenvalue weighted by atomic mass is 15.4. The van der Waals surface area contributed by atoms with Crippen LogP contribution in [0.3, 0.4) is 0 Å². The second kappa shape index (κ2) is 4.35. The quantitative estimate of drug-likeness (QED) is 0.439. The zero-order valence-electron chi connectivity index (χ0n) is 10.9. The lowest BCUT2D eigenvalue weighted by atomic mass is 10.2. The third kappa shape index (κ3) is 1.88. The molecule has 3 aromatic rings. The number of hydrazine groups is 1. The Morgan fingerprint density at radius 3 is 2.80 bits per heavy atom. The Morgan fingerprint density at radius 2 is 2.05 bits per heavy atom. The van der Waals surface area contributed by atoms with Crippen LogP contribution in [-0.4, -0.2) is 31.6 Å². The van der Waals surface area contributed by atoms with Gasteiger partial charge in [-0.05, 0) is 12.1 Å². The Kier molecular flexibility index (Phi) is 2.65. The molecule has 6 N–H and O–H groups in total. The topological polar surface area (TPSA) is 124 Å².